The molecule has 20 heavy (non-hydrogen) atoms. The van der Waals surface area contributed by atoms with E-state index in [4.69, 9.17) is 4.74 Å². The average Bonchev–Trinajstić information content (AvgIpc) is 2.96. The number of para-hydroxylation sites is 1. The number of rotatable bonds is 7. The van der Waals surface area contributed by atoms with Crippen molar-refractivity contribution in [2.24, 2.45) is 5.92 Å². The molecule has 1 unspecified atom stereocenters. The summed E-state index contributed by atoms with van der Waals surface area (Å²) in [5.74, 6) is -0.365. The van der Waals surface area contributed by atoms with E-state index in [2.05, 4.69) is 0 Å². The minimum absolute atomic E-state index is 0.381. The third-order valence-electron chi connectivity index (χ3n) is 3.33. The smallest absolute Gasteiger partial charge is 0.306 e. The van der Waals surface area contributed by atoms with Gasteiger partial charge in [-0.05, 0) is 42.3 Å². The molecule has 1 aromatic heterocycles. The van der Waals surface area contributed by atoms with Crippen LogP contribution >= 0.6 is 11.3 Å². The maximum Gasteiger partial charge on any atom is 0.306 e. The number of aliphatic carboxylic acids is 1. The van der Waals surface area contributed by atoms with Gasteiger partial charge >= 0.3 is 5.97 Å². The first-order chi connectivity index (χ1) is 9.70. The molecule has 0 radical (unpaired) electrons. The van der Waals surface area contributed by atoms with Crippen LogP contribution in [0, 0.1) is 5.92 Å². The van der Waals surface area contributed by atoms with Gasteiger partial charge in [-0.3, -0.25) is 4.79 Å². The third kappa shape index (κ3) is 3.84. The topological polar surface area (TPSA) is 46.5 Å². The summed E-state index contributed by atoms with van der Waals surface area (Å²) in [7, 11) is 1.61. The molecule has 3 nitrogen and oxygen atoms in total. The first-order valence-corrected chi connectivity index (χ1v) is 7.45. The minimum Gasteiger partial charge on any atom is -0.496 e. The molecule has 106 valence electrons. The van der Waals surface area contributed by atoms with E-state index >= 15 is 0 Å². The van der Waals surface area contributed by atoms with Crippen molar-refractivity contribution in [3.63, 3.8) is 0 Å². The van der Waals surface area contributed by atoms with Crippen LogP contribution in [0.2, 0.25) is 0 Å². The standard InChI is InChI=1S/C16H18O3S/c1-19-15-7-3-2-5-12(15)11-13(16(17)18)8-9-14-6-4-10-20-14/h2-7,10,13H,8-9,11H2,1H3,(H,17,18). The normalized spacial score (nSPS) is 12.1. The number of carbonyl (C=O) groups is 1. The second-order valence-electron chi connectivity index (χ2n) is 4.67. The van der Waals surface area contributed by atoms with Crippen LogP contribution in [0.5, 0.6) is 5.75 Å². The lowest BCUT2D eigenvalue weighted by molar-refractivity contribution is -0.141. The Morgan fingerprint density at radius 1 is 1.30 bits per heavy atom. The molecule has 1 N–H and O–H groups in total. The van der Waals surface area contributed by atoms with Crippen molar-refractivity contribution in [2.75, 3.05) is 7.11 Å². The van der Waals surface area contributed by atoms with E-state index in [9.17, 15) is 9.90 Å². The summed E-state index contributed by atoms with van der Waals surface area (Å²) < 4.78 is 5.29. The summed E-state index contributed by atoms with van der Waals surface area (Å²) in [5, 5.41) is 11.4. The molecule has 2 rings (SSSR count). The highest BCUT2D eigenvalue weighted by molar-refractivity contribution is 7.09. The molecule has 0 fully saturated rings. The fourth-order valence-electron chi connectivity index (χ4n) is 2.22. The average molecular weight is 290 g/mol. The Hall–Kier alpha value is -1.81. The van der Waals surface area contributed by atoms with Crippen molar-refractivity contribution in [1.82, 2.24) is 0 Å². The zero-order valence-corrected chi connectivity index (χ0v) is 12.2. The van der Waals surface area contributed by atoms with Gasteiger partial charge in [0.2, 0.25) is 0 Å². The quantitative estimate of drug-likeness (QED) is 0.847. The highest BCUT2D eigenvalue weighted by atomic mass is 32.1. The lowest BCUT2D eigenvalue weighted by Crippen LogP contribution is -2.17. The summed E-state index contributed by atoms with van der Waals surface area (Å²) in [6.07, 6.45) is 1.96. The zero-order chi connectivity index (χ0) is 14.4. The summed E-state index contributed by atoms with van der Waals surface area (Å²) >= 11 is 1.67. The van der Waals surface area contributed by atoms with Crippen LogP contribution in [0.15, 0.2) is 41.8 Å². The summed E-state index contributed by atoms with van der Waals surface area (Å²) in [5.41, 5.74) is 0.952. The molecule has 0 spiro atoms. The number of methoxy groups -OCH3 is 1. The van der Waals surface area contributed by atoms with Crippen LogP contribution in [0.25, 0.3) is 0 Å². The van der Waals surface area contributed by atoms with Crippen molar-refractivity contribution in [3.8, 4) is 5.75 Å². The van der Waals surface area contributed by atoms with E-state index in [1.54, 1.807) is 18.4 Å². The van der Waals surface area contributed by atoms with Gasteiger partial charge in [-0.1, -0.05) is 24.3 Å². The van der Waals surface area contributed by atoms with E-state index in [-0.39, 0.29) is 5.92 Å². The summed E-state index contributed by atoms with van der Waals surface area (Å²) in [6.45, 7) is 0. The van der Waals surface area contributed by atoms with Crippen molar-refractivity contribution < 1.29 is 14.6 Å². The van der Waals surface area contributed by atoms with Gasteiger partial charge in [0.1, 0.15) is 5.75 Å². The predicted octanol–water partition coefficient (Wildman–Crippen LogP) is 3.63. The highest BCUT2D eigenvalue weighted by Crippen LogP contribution is 2.24. The van der Waals surface area contributed by atoms with E-state index in [1.165, 1.54) is 4.88 Å². The number of thiophene rings is 1. The zero-order valence-electron chi connectivity index (χ0n) is 11.4. The Labute approximate surface area is 122 Å². The van der Waals surface area contributed by atoms with Gasteiger partial charge in [-0.25, -0.2) is 0 Å². The van der Waals surface area contributed by atoms with Gasteiger partial charge in [0.25, 0.3) is 0 Å². The van der Waals surface area contributed by atoms with Gasteiger partial charge in [-0.15, -0.1) is 11.3 Å². The Bertz CT molecular complexity index is 549. The van der Waals surface area contributed by atoms with Gasteiger partial charge in [0.15, 0.2) is 0 Å². The van der Waals surface area contributed by atoms with Crippen molar-refractivity contribution in [2.45, 2.75) is 19.3 Å². The Kier molecular flexibility index (Phi) is 5.18. The molecule has 0 amide bonds. The molecule has 0 aliphatic rings. The molecular weight excluding hydrogens is 272 g/mol. The van der Waals surface area contributed by atoms with Gasteiger partial charge in [0.05, 0.1) is 13.0 Å². The molecule has 0 aliphatic carbocycles. The predicted molar refractivity (Wildman–Crippen MR) is 80.5 cm³/mol. The number of aryl methyl sites for hydroxylation is 1. The molecule has 0 saturated carbocycles. The minimum atomic E-state index is -0.743. The Balaban J connectivity index is 2.03. The van der Waals surface area contributed by atoms with Crippen molar-refractivity contribution in [3.05, 3.63) is 52.2 Å². The second-order valence-corrected chi connectivity index (χ2v) is 5.70. The number of hydrogen-bond donors (Lipinski definition) is 1. The molecule has 2 aromatic rings. The van der Waals surface area contributed by atoms with E-state index in [1.807, 2.05) is 41.8 Å². The highest BCUT2D eigenvalue weighted by Gasteiger charge is 2.19. The molecule has 0 bridgehead atoms. The van der Waals surface area contributed by atoms with Gasteiger partial charge in [-0.2, -0.15) is 0 Å². The fraction of sp³-hybridized carbons (Fsp3) is 0.312. The van der Waals surface area contributed by atoms with Crippen LogP contribution < -0.4 is 4.74 Å². The SMILES string of the molecule is COc1ccccc1CC(CCc1cccs1)C(=O)O. The summed E-state index contributed by atoms with van der Waals surface area (Å²) in [4.78, 5) is 12.7. The third-order valence-corrected chi connectivity index (χ3v) is 4.26. The molecular formula is C16H18O3S. The summed E-state index contributed by atoms with van der Waals surface area (Å²) in [6, 6.07) is 11.6. The van der Waals surface area contributed by atoms with Crippen LogP contribution in [0.3, 0.4) is 0 Å². The Morgan fingerprint density at radius 2 is 2.10 bits per heavy atom. The maximum atomic E-state index is 11.4. The van der Waals surface area contributed by atoms with Gasteiger partial charge < -0.3 is 9.84 Å². The lowest BCUT2D eigenvalue weighted by Gasteiger charge is -2.14. The monoisotopic (exact) mass is 290 g/mol. The van der Waals surface area contributed by atoms with E-state index in [0.717, 1.165) is 17.7 Å². The van der Waals surface area contributed by atoms with Crippen LogP contribution in [0.4, 0.5) is 0 Å². The molecule has 1 aromatic carbocycles. The number of ether oxygens (including phenoxy) is 1. The first-order valence-electron chi connectivity index (χ1n) is 6.57. The molecule has 0 aliphatic heterocycles. The van der Waals surface area contributed by atoms with E-state index < -0.39 is 5.97 Å². The van der Waals surface area contributed by atoms with Gasteiger partial charge in [0, 0.05) is 4.88 Å². The van der Waals surface area contributed by atoms with Crippen LogP contribution in [0.1, 0.15) is 16.9 Å². The first kappa shape index (κ1) is 14.6. The molecule has 4 heteroatoms. The van der Waals surface area contributed by atoms with Crippen LogP contribution in [-0.4, -0.2) is 18.2 Å². The Morgan fingerprint density at radius 3 is 2.75 bits per heavy atom. The molecule has 1 heterocycles. The number of carboxylic acid groups (broad SMARTS) is 1. The number of benzene rings is 1. The lowest BCUT2D eigenvalue weighted by atomic mass is 9.94. The number of carboxylic acids is 1. The number of hydrogen-bond acceptors (Lipinski definition) is 3. The van der Waals surface area contributed by atoms with Crippen LogP contribution in [-0.2, 0) is 17.6 Å². The molecule has 1 atom stereocenters. The van der Waals surface area contributed by atoms with E-state index in [0.29, 0.717) is 12.8 Å². The fourth-order valence-corrected chi connectivity index (χ4v) is 2.95. The van der Waals surface area contributed by atoms with Crippen molar-refractivity contribution in [1.29, 1.82) is 0 Å². The maximum absolute atomic E-state index is 11.4. The van der Waals surface area contributed by atoms with Crippen molar-refractivity contribution >= 4 is 17.3 Å². The molecule has 0 saturated heterocycles. The second kappa shape index (κ2) is 7.10. The largest absolute Gasteiger partial charge is 0.496 e.